The number of aliphatic hydroxyl groups excluding tert-OH is 1. The molecule has 0 radical (unpaired) electrons. The van der Waals surface area contributed by atoms with Crippen LogP contribution in [0.5, 0.6) is 11.5 Å². The summed E-state index contributed by atoms with van der Waals surface area (Å²) in [5.41, 5.74) is 1.74. The number of phenolic OH excluding ortho intramolecular Hbond substituents is 1. The second-order valence-corrected chi connectivity index (χ2v) is 6.57. The van der Waals surface area contributed by atoms with Crippen molar-refractivity contribution in [3.05, 3.63) is 58.6 Å². The Hall–Kier alpha value is -2.28. The number of hydrogen-bond donors (Lipinski definition) is 3. The van der Waals surface area contributed by atoms with Gasteiger partial charge in [0.2, 0.25) is 0 Å². The summed E-state index contributed by atoms with van der Waals surface area (Å²) in [7, 11) is 1.29. The number of benzene rings is 2. The van der Waals surface area contributed by atoms with E-state index in [1.807, 2.05) is 13.0 Å². The Bertz CT molecular complexity index is 751. The van der Waals surface area contributed by atoms with Gasteiger partial charge >= 0.3 is 5.97 Å². The molecule has 0 spiro atoms. The fourth-order valence-electron chi connectivity index (χ4n) is 2.53. The molecule has 2 unspecified atom stereocenters. The zero-order valence-corrected chi connectivity index (χ0v) is 16.1. The number of carbonyl (C=O) groups is 1. The molecule has 6 nitrogen and oxygen atoms in total. The van der Waals surface area contributed by atoms with E-state index in [4.69, 9.17) is 16.3 Å². The lowest BCUT2D eigenvalue weighted by Crippen LogP contribution is -2.33. The van der Waals surface area contributed by atoms with Gasteiger partial charge in [0.05, 0.1) is 18.2 Å². The van der Waals surface area contributed by atoms with E-state index in [0.717, 1.165) is 11.1 Å². The molecule has 0 aliphatic heterocycles. The van der Waals surface area contributed by atoms with Crippen LogP contribution >= 0.6 is 11.6 Å². The first-order valence-corrected chi connectivity index (χ1v) is 8.97. The van der Waals surface area contributed by atoms with Crippen molar-refractivity contribution in [2.24, 2.45) is 0 Å². The summed E-state index contributed by atoms with van der Waals surface area (Å²) in [5, 5.41) is 23.4. The molecule has 2 aromatic rings. The van der Waals surface area contributed by atoms with Gasteiger partial charge in [0, 0.05) is 6.04 Å². The van der Waals surface area contributed by atoms with Crippen LogP contribution in [0.3, 0.4) is 0 Å². The van der Waals surface area contributed by atoms with Gasteiger partial charge in [-0.2, -0.15) is 0 Å². The minimum atomic E-state index is -0.678. The first kappa shape index (κ1) is 21.0. The van der Waals surface area contributed by atoms with Crippen molar-refractivity contribution in [2.45, 2.75) is 25.5 Å². The predicted molar refractivity (Wildman–Crippen MR) is 103 cm³/mol. The molecule has 27 heavy (non-hydrogen) atoms. The van der Waals surface area contributed by atoms with E-state index in [9.17, 15) is 15.0 Å². The van der Waals surface area contributed by atoms with E-state index in [-0.39, 0.29) is 18.4 Å². The summed E-state index contributed by atoms with van der Waals surface area (Å²) in [4.78, 5) is 11.1. The van der Waals surface area contributed by atoms with Gasteiger partial charge < -0.3 is 25.0 Å². The van der Waals surface area contributed by atoms with Gasteiger partial charge in [-0.15, -0.1) is 0 Å². The fourth-order valence-corrected chi connectivity index (χ4v) is 2.79. The largest absolute Gasteiger partial charge is 0.508 e. The van der Waals surface area contributed by atoms with Crippen LogP contribution in [0.15, 0.2) is 42.5 Å². The Morgan fingerprint density at radius 3 is 2.56 bits per heavy atom. The number of nitrogens with one attached hydrogen (secondary N) is 1. The quantitative estimate of drug-likeness (QED) is 0.568. The number of methoxy groups -OCH3 is 1. The second-order valence-electron chi connectivity index (χ2n) is 6.16. The molecule has 0 saturated heterocycles. The molecule has 0 aliphatic rings. The Balaban J connectivity index is 1.83. The summed E-state index contributed by atoms with van der Waals surface area (Å²) in [5.74, 6) is 0.123. The highest BCUT2D eigenvalue weighted by atomic mass is 35.5. The van der Waals surface area contributed by atoms with E-state index in [2.05, 4.69) is 10.1 Å². The first-order chi connectivity index (χ1) is 12.9. The van der Waals surface area contributed by atoms with Crippen molar-refractivity contribution in [1.82, 2.24) is 5.32 Å². The highest BCUT2D eigenvalue weighted by Gasteiger charge is 2.15. The molecule has 0 heterocycles. The molecule has 0 bridgehead atoms. The molecule has 3 N–H and O–H groups in total. The molecule has 0 amide bonds. The molecule has 2 rings (SSSR count). The van der Waals surface area contributed by atoms with Crippen molar-refractivity contribution in [3.63, 3.8) is 0 Å². The second kappa shape index (κ2) is 10.2. The van der Waals surface area contributed by atoms with Gasteiger partial charge in [-0.25, -0.2) is 4.79 Å². The van der Waals surface area contributed by atoms with E-state index >= 15 is 0 Å². The summed E-state index contributed by atoms with van der Waals surface area (Å²) in [6.45, 7) is 2.35. The number of hydrogen-bond acceptors (Lipinski definition) is 6. The molecule has 7 heteroatoms. The lowest BCUT2D eigenvalue weighted by Gasteiger charge is -2.21. The zero-order chi connectivity index (χ0) is 19.8. The highest BCUT2D eigenvalue weighted by Crippen LogP contribution is 2.26. The fraction of sp³-hybridized carbons (Fsp3) is 0.350. The molecule has 0 aromatic heterocycles. The van der Waals surface area contributed by atoms with Crippen LogP contribution in [0.4, 0.5) is 0 Å². The van der Waals surface area contributed by atoms with Crippen LogP contribution in [0, 0.1) is 0 Å². The number of rotatable bonds is 9. The number of phenols is 1. The average molecular weight is 394 g/mol. The molecule has 146 valence electrons. The third kappa shape index (κ3) is 6.43. The standard InChI is InChI=1S/C20H24ClNO5/c1-13(20(25)15-4-6-16(23)7-5-15)22-10-9-14-3-8-18(17(21)11-14)27-12-19(24)26-2/h3-8,11,13,20,22-23,25H,9-10,12H2,1-2H3. The van der Waals surface area contributed by atoms with Crippen LogP contribution in [0.25, 0.3) is 0 Å². The predicted octanol–water partition coefficient (Wildman–Crippen LogP) is 2.85. The number of halogens is 1. The smallest absolute Gasteiger partial charge is 0.343 e. The lowest BCUT2D eigenvalue weighted by atomic mass is 10.0. The number of carbonyl (C=O) groups excluding carboxylic acids is 1. The minimum Gasteiger partial charge on any atom is -0.508 e. The number of aliphatic hydroxyl groups is 1. The van der Waals surface area contributed by atoms with Gasteiger partial charge in [0.25, 0.3) is 0 Å². The maximum atomic E-state index is 11.1. The van der Waals surface area contributed by atoms with Gasteiger partial charge in [-0.3, -0.25) is 0 Å². The summed E-state index contributed by atoms with van der Waals surface area (Å²) < 4.78 is 9.82. The van der Waals surface area contributed by atoms with Gasteiger partial charge in [-0.1, -0.05) is 29.8 Å². The van der Waals surface area contributed by atoms with Crippen LogP contribution < -0.4 is 10.1 Å². The van der Waals surface area contributed by atoms with E-state index in [0.29, 0.717) is 23.7 Å². The molecular weight excluding hydrogens is 370 g/mol. The Morgan fingerprint density at radius 1 is 1.22 bits per heavy atom. The number of ether oxygens (including phenoxy) is 2. The Morgan fingerprint density at radius 2 is 1.93 bits per heavy atom. The molecule has 0 aliphatic carbocycles. The molecule has 0 fully saturated rings. The summed E-state index contributed by atoms with van der Waals surface area (Å²) in [6, 6.07) is 11.7. The van der Waals surface area contributed by atoms with Crippen LogP contribution in [0.2, 0.25) is 5.02 Å². The van der Waals surface area contributed by atoms with Crippen LogP contribution in [0.1, 0.15) is 24.2 Å². The number of aromatic hydroxyl groups is 1. The lowest BCUT2D eigenvalue weighted by molar-refractivity contribution is -0.142. The van der Waals surface area contributed by atoms with E-state index in [1.165, 1.54) is 7.11 Å². The normalized spacial score (nSPS) is 13.0. The summed E-state index contributed by atoms with van der Waals surface area (Å²) >= 11 is 6.18. The molecular formula is C20H24ClNO5. The van der Waals surface area contributed by atoms with Crippen molar-refractivity contribution in [1.29, 1.82) is 0 Å². The van der Waals surface area contributed by atoms with Crippen molar-refractivity contribution >= 4 is 17.6 Å². The van der Waals surface area contributed by atoms with Crippen molar-refractivity contribution < 1.29 is 24.5 Å². The van der Waals surface area contributed by atoms with Gasteiger partial charge in [0.15, 0.2) is 6.61 Å². The van der Waals surface area contributed by atoms with E-state index in [1.54, 1.807) is 36.4 Å². The molecule has 2 aromatic carbocycles. The maximum Gasteiger partial charge on any atom is 0.343 e. The van der Waals surface area contributed by atoms with Crippen molar-refractivity contribution in [2.75, 3.05) is 20.3 Å². The molecule has 2 atom stereocenters. The van der Waals surface area contributed by atoms with Gasteiger partial charge in [0.1, 0.15) is 11.5 Å². The van der Waals surface area contributed by atoms with E-state index < -0.39 is 12.1 Å². The first-order valence-electron chi connectivity index (χ1n) is 8.59. The number of esters is 1. The van der Waals surface area contributed by atoms with Crippen LogP contribution in [-0.2, 0) is 16.0 Å². The Kier molecular flexibility index (Phi) is 7.91. The van der Waals surface area contributed by atoms with Crippen molar-refractivity contribution in [3.8, 4) is 11.5 Å². The minimum absolute atomic E-state index is 0.160. The highest BCUT2D eigenvalue weighted by molar-refractivity contribution is 6.32. The van der Waals surface area contributed by atoms with Gasteiger partial charge in [-0.05, 0) is 55.3 Å². The third-order valence-corrected chi connectivity index (χ3v) is 4.45. The zero-order valence-electron chi connectivity index (χ0n) is 15.3. The Labute approximate surface area is 163 Å². The average Bonchev–Trinajstić information content (AvgIpc) is 2.67. The monoisotopic (exact) mass is 393 g/mol. The maximum absolute atomic E-state index is 11.1. The third-order valence-electron chi connectivity index (χ3n) is 4.16. The topological polar surface area (TPSA) is 88.0 Å². The van der Waals surface area contributed by atoms with Crippen LogP contribution in [-0.4, -0.2) is 42.5 Å². The SMILES string of the molecule is COC(=O)COc1ccc(CCNC(C)C(O)c2ccc(O)cc2)cc1Cl. The summed E-state index contributed by atoms with van der Waals surface area (Å²) in [6.07, 6.45) is 0.0344. The molecule has 0 saturated carbocycles.